The van der Waals surface area contributed by atoms with Crippen molar-refractivity contribution in [1.82, 2.24) is 24.9 Å². The minimum absolute atomic E-state index is 0.0379. The lowest BCUT2D eigenvalue weighted by molar-refractivity contribution is -0.139. The summed E-state index contributed by atoms with van der Waals surface area (Å²) >= 11 is 0. The molecule has 1 aromatic rings. The molecule has 0 bridgehead atoms. The number of imide groups is 1. The molecule has 8 heteroatoms. The molecule has 1 N–H and O–H groups in total. The van der Waals surface area contributed by atoms with E-state index in [9.17, 15) is 14.4 Å². The molecule has 1 aromatic heterocycles. The molecule has 0 aliphatic carbocycles. The monoisotopic (exact) mass is 347 g/mol. The van der Waals surface area contributed by atoms with Crippen LogP contribution in [0.2, 0.25) is 0 Å². The Morgan fingerprint density at radius 3 is 2.64 bits per heavy atom. The van der Waals surface area contributed by atoms with Gasteiger partial charge in [-0.05, 0) is 25.7 Å². The van der Waals surface area contributed by atoms with Crippen molar-refractivity contribution >= 4 is 17.8 Å². The number of aromatic nitrogens is 2. The first-order chi connectivity index (χ1) is 11.9. The Labute approximate surface area is 147 Å². The third-order valence-electron chi connectivity index (χ3n) is 5.43. The standard InChI is InChI=1S/C17H25N5O3/c1-4-17(5-2)15(24)22(16(25)19-17)11-14(23)21-8-6-7-13(21)12-9-18-20(3)10-12/h9-10,13H,4-8,11H2,1-3H3,(H,19,25)/t13-/m0/s1. The van der Waals surface area contributed by atoms with E-state index < -0.39 is 11.6 Å². The number of aryl methyl sites for hydroxylation is 1. The van der Waals surface area contributed by atoms with Crippen molar-refractivity contribution in [3.05, 3.63) is 18.0 Å². The van der Waals surface area contributed by atoms with Gasteiger partial charge >= 0.3 is 6.03 Å². The number of hydrogen-bond donors (Lipinski definition) is 1. The summed E-state index contributed by atoms with van der Waals surface area (Å²) in [6.07, 6.45) is 6.47. The van der Waals surface area contributed by atoms with Gasteiger partial charge in [-0.1, -0.05) is 13.8 Å². The van der Waals surface area contributed by atoms with Crippen LogP contribution in [0.1, 0.15) is 51.1 Å². The number of urea groups is 1. The first kappa shape index (κ1) is 17.4. The molecule has 0 saturated carbocycles. The third-order valence-corrected chi connectivity index (χ3v) is 5.43. The van der Waals surface area contributed by atoms with Crippen molar-refractivity contribution in [3.8, 4) is 0 Å². The summed E-state index contributed by atoms with van der Waals surface area (Å²) in [5, 5.41) is 6.94. The van der Waals surface area contributed by atoms with E-state index in [1.165, 1.54) is 0 Å². The fourth-order valence-electron chi connectivity index (χ4n) is 3.80. The molecular formula is C17H25N5O3. The Bertz CT molecular complexity index is 694. The minimum atomic E-state index is -0.870. The molecule has 4 amide bonds. The normalized spacial score (nSPS) is 22.6. The van der Waals surface area contributed by atoms with Crippen LogP contribution < -0.4 is 5.32 Å². The van der Waals surface area contributed by atoms with Gasteiger partial charge in [-0.25, -0.2) is 4.79 Å². The SMILES string of the molecule is CCC1(CC)NC(=O)N(CC(=O)N2CCC[C@H]2c2cnn(C)c2)C1=O. The molecule has 0 spiro atoms. The van der Waals surface area contributed by atoms with Crippen molar-refractivity contribution in [2.45, 2.75) is 51.1 Å². The lowest BCUT2D eigenvalue weighted by atomic mass is 9.93. The molecule has 136 valence electrons. The van der Waals surface area contributed by atoms with Crippen molar-refractivity contribution < 1.29 is 14.4 Å². The zero-order chi connectivity index (χ0) is 18.2. The van der Waals surface area contributed by atoms with E-state index in [4.69, 9.17) is 0 Å². The summed E-state index contributed by atoms with van der Waals surface area (Å²) in [5.41, 5.74) is 0.118. The van der Waals surface area contributed by atoms with Gasteiger partial charge in [-0.3, -0.25) is 19.2 Å². The second kappa shape index (κ2) is 6.50. The highest BCUT2D eigenvalue weighted by Crippen LogP contribution is 2.32. The minimum Gasteiger partial charge on any atom is -0.334 e. The number of likely N-dealkylation sites (tertiary alicyclic amines) is 1. The van der Waals surface area contributed by atoms with Crippen molar-refractivity contribution in [2.75, 3.05) is 13.1 Å². The van der Waals surface area contributed by atoms with Crippen molar-refractivity contribution in [1.29, 1.82) is 0 Å². The number of carbonyl (C=O) groups excluding carboxylic acids is 3. The number of hydrogen-bond acceptors (Lipinski definition) is 4. The summed E-state index contributed by atoms with van der Waals surface area (Å²) in [7, 11) is 1.84. The van der Waals surface area contributed by atoms with E-state index in [2.05, 4.69) is 10.4 Å². The average Bonchev–Trinajstić information content (AvgIpc) is 3.29. The van der Waals surface area contributed by atoms with Crippen LogP contribution in [-0.2, 0) is 16.6 Å². The Morgan fingerprint density at radius 1 is 1.36 bits per heavy atom. The lowest BCUT2D eigenvalue weighted by Crippen LogP contribution is -2.47. The van der Waals surface area contributed by atoms with Gasteiger partial charge in [0.25, 0.3) is 5.91 Å². The summed E-state index contributed by atoms with van der Waals surface area (Å²) in [5.74, 6) is -0.495. The Balaban J connectivity index is 1.73. The molecule has 2 fully saturated rings. The van der Waals surface area contributed by atoms with Crippen LogP contribution in [0, 0.1) is 0 Å². The van der Waals surface area contributed by atoms with Gasteiger partial charge in [0, 0.05) is 25.4 Å². The first-order valence-electron chi connectivity index (χ1n) is 8.84. The quantitative estimate of drug-likeness (QED) is 0.811. The predicted molar refractivity (Wildman–Crippen MR) is 90.5 cm³/mol. The summed E-state index contributed by atoms with van der Waals surface area (Å²) in [4.78, 5) is 40.5. The van der Waals surface area contributed by atoms with Gasteiger partial charge in [0.1, 0.15) is 12.1 Å². The van der Waals surface area contributed by atoms with Gasteiger partial charge in [-0.15, -0.1) is 0 Å². The molecule has 0 aromatic carbocycles. The van der Waals surface area contributed by atoms with Gasteiger partial charge in [-0.2, -0.15) is 5.10 Å². The van der Waals surface area contributed by atoms with Crippen LogP contribution in [0.3, 0.4) is 0 Å². The highest BCUT2D eigenvalue weighted by atomic mass is 16.2. The molecule has 1 atom stereocenters. The van der Waals surface area contributed by atoms with E-state index in [0.717, 1.165) is 23.3 Å². The molecular weight excluding hydrogens is 322 g/mol. The zero-order valence-corrected chi connectivity index (χ0v) is 15.0. The maximum absolute atomic E-state index is 12.8. The van der Waals surface area contributed by atoms with Gasteiger partial charge in [0.15, 0.2) is 0 Å². The lowest BCUT2D eigenvalue weighted by Gasteiger charge is -2.26. The molecule has 8 nitrogen and oxygen atoms in total. The fourth-order valence-corrected chi connectivity index (χ4v) is 3.80. The Hall–Kier alpha value is -2.38. The van der Waals surface area contributed by atoms with Gasteiger partial charge in [0.05, 0.1) is 12.2 Å². The summed E-state index contributed by atoms with van der Waals surface area (Å²) in [6, 6.07) is -0.511. The number of amides is 4. The second-order valence-corrected chi connectivity index (χ2v) is 6.80. The van der Waals surface area contributed by atoms with E-state index in [1.807, 2.05) is 27.1 Å². The zero-order valence-electron chi connectivity index (χ0n) is 15.0. The van der Waals surface area contributed by atoms with Crippen LogP contribution in [0.5, 0.6) is 0 Å². The molecule has 3 heterocycles. The maximum Gasteiger partial charge on any atom is 0.325 e. The van der Waals surface area contributed by atoms with Gasteiger partial charge in [0.2, 0.25) is 5.91 Å². The highest BCUT2D eigenvalue weighted by Gasteiger charge is 2.49. The third kappa shape index (κ3) is 2.89. The van der Waals surface area contributed by atoms with Crippen LogP contribution in [0.4, 0.5) is 4.79 Å². The van der Waals surface area contributed by atoms with E-state index in [0.29, 0.717) is 19.4 Å². The Morgan fingerprint density at radius 2 is 2.08 bits per heavy atom. The largest absolute Gasteiger partial charge is 0.334 e. The number of nitrogens with zero attached hydrogens (tertiary/aromatic N) is 4. The van der Waals surface area contributed by atoms with Crippen LogP contribution in [0.15, 0.2) is 12.4 Å². The second-order valence-electron chi connectivity index (χ2n) is 6.80. The van der Waals surface area contributed by atoms with Crippen LogP contribution in [0.25, 0.3) is 0 Å². The Kier molecular flexibility index (Phi) is 4.53. The fraction of sp³-hybridized carbons (Fsp3) is 0.647. The number of rotatable bonds is 5. The van der Waals surface area contributed by atoms with Crippen molar-refractivity contribution in [2.24, 2.45) is 7.05 Å². The summed E-state index contributed by atoms with van der Waals surface area (Å²) < 4.78 is 1.71. The van der Waals surface area contributed by atoms with Crippen molar-refractivity contribution in [3.63, 3.8) is 0 Å². The van der Waals surface area contributed by atoms with Crippen LogP contribution in [-0.4, -0.2) is 56.1 Å². The van der Waals surface area contributed by atoms with E-state index in [1.54, 1.807) is 15.8 Å². The highest BCUT2D eigenvalue weighted by molar-refractivity contribution is 6.09. The molecule has 2 aliphatic rings. The molecule has 3 rings (SSSR count). The van der Waals surface area contributed by atoms with Gasteiger partial charge < -0.3 is 10.2 Å². The molecule has 2 saturated heterocycles. The smallest absolute Gasteiger partial charge is 0.325 e. The molecule has 0 unspecified atom stereocenters. The van der Waals surface area contributed by atoms with Crippen LogP contribution >= 0.6 is 0 Å². The number of carbonyl (C=O) groups is 3. The average molecular weight is 347 g/mol. The van der Waals surface area contributed by atoms with E-state index in [-0.39, 0.29) is 24.4 Å². The maximum atomic E-state index is 12.8. The number of nitrogens with one attached hydrogen (secondary N) is 1. The molecule has 25 heavy (non-hydrogen) atoms. The molecule has 0 radical (unpaired) electrons. The van der Waals surface area contributed by atoms with E-state index >= 15 is 0 Å². The first-order valence-corrected chi connectivity index (χ1v) is 8.84. The topological polar surface area (TPSA) is 87.5 Å². The summed E-state index contributed by atoms with van der Waals surface area (Å²) in [6.45, 7) is 4.16. The predicted octanol–water partition coefficient (Wildman–Crippen LogP) is 1.19. The molecule has 2 aliphatic heterocycles.